The Hall–Kier alpha value is -2.31. The van der Waals surface area contributed by atoms with E-state index < -0.39 is 7.92 Å². The van der Waals surface area contributed by atoms with E-state index in [0.717, 1.165) is 0 Å². The third-order valence-corrected chi connectivity index (χ3v) is 6.05. The molecule has 114 valence electrons. The van der Waals surface area contributed by atoms with Crippen molar-refractivity contribution < 1.29 is 9.18 Å². The van der Waals surface area contributed by atoms with Crippen molar-refractivity contribution in [2.75, 3.05) is 6.16 Å². The largest absolute Gasteiger partial charge is 0.294 e. The van der Waals surface area contributed by atoms with Gasteiger partial charge in [-0.1, -0.05) is 60.7 Å². The van der Waals surface area contributed by atoms with Gasteiger partial charge in [-0.25, -0.2) is 4.39 Å². The number of rotatable bonds is 5. The lowest BCUT2D eigenvalue weighted by atomic mass is 10.1. The lowest BCUT2D eigenvalue weighted by Gasteiger charge is -2.18. The Morgan fingerprint density at radius 3 is 1.70 bits per heavy atom. The summed E-state index contributed by atoms with van der Waals surface area (Å²) in [6.07, 6.45) is 0.426. The minimum absolute atomic E-state index is 0.0452. The molecule has 0 saturated heterocycles. The maximum absolute atomic E-state index is 13.0. The molecule has 0 bridgehead atoms. The molecule has 0 aromatic heterocycles. The van der Waals surface area contributed by atoms with Gasteiger partial charge in [-0.15, -0.1) is 0 Å². The first kappa shape index (κ1) is 15.6. The Morgan fingerprint density at radius 2 is 1.22 bits per heavy atom. The van der Waals surface area contributed by atoms with Gasteiger partial charge < -0.3 is 0 Å². The Balaban J connectivity index is 1.90. The summed E-state index contributed by atoms with van der Waals surface area (Å²) in [4.78, 5) is 12.6. The average molecular weight is 322 g/mol. The molecule has 0 N–H and O–H groups in total. The molecule has 3 aromatic rings. The smallest absolute Gasteiger partial charge is 0.167 e. The van der Waals surface area contributed by atoms with Gasteiger partial charge in [-0.05, 0) is 42.8 Å². The fraction of sp³-hybridized carbons (Fsp3) is 0.0500. The molecule has 0 heterocycles. The summed E-state index contributed by atoms with van der Waals surface area (Å²) in [5.74, 6) is -0.279. The molecule has 0 amide bonds. The van der Waals surface area contributed by atoms with Crippen LogP contribution >= 0.6 is 7.92 Å². The second-order valence-corrected chi connectivity index (χ2v) is 7.39. The molecule has 0 fully saturated rings. The molecule has 23 heavy (non-hydrogen) atoms. The zero-order chi connectivity index (χ0) is 16.1. The monoisotopic (exact) mass is 322 g/mol. The summed E-state index contributed by atoms with van der Waals surface area (Å²) in [5.41, 5.74) is 0.561. The van der Waals surface area contributed by atoms with Crippen LogP contribution in [-0.4, -0.2) is 11.9 Å². The van der Waals surface area contributed by atoms with E-state index in [1.165, 1.54) is 22.7 Å². The maximum Gasteiger partial charge on any atom is 0.167 e. The molecule has 0 saturated carbocycles. The Kier molecular flexibility index (Phi) is 4.95. The molecule has 3 heteroatoms. The summed E-state index contributed by atoms with van der Waals surface area (Å²) in [5, 5.41) is 2.34. The molecular formula is C20H16FOP. The lowest BCUT2D eigenvalue weighted by molar-refractivity contribution is 0.102. The van der Waals surface area contributed by atoms with Crippen molar-refractivity contribution in [1.29, 1.82) is 0 Å². The van der Waals surface area contributed by atoms with Gasteiger partial charge in [0.05, 0.1) is 0 Å². The molecule has 3 rings (SSSR count). The highest BCUT2D eigenvalue weighted by Crippen LogP contribution is 2.34. The van der Waals surface area contributed by atoms with E-state index in [0.29, 0.717) is 11.7 Å². The van der Waals surface area contributed by atoms with E-state index in [9.17, 15) is 9.18 Å². The van der Waals surface area contributed by atoms with Crippen LogP contribution < -0.4 is 10.6 Å². The number of benzene rings is 3. The van der Waals surface area contributed by atoms with Gasteiger partial charge in [0.1, 0.15) is 5.82 Å². The molecule has 3 aromatic carbocycles. The van der Waals surface area contributed by atoms with Gasteiger partial charge in [-0.2, -0.15) is 0 Å². The van der Waals surface area contributed by atoms with Gasteiger partial charge in [0.25, 0.3) is 0 Å². The first-order chi connectivity index (χ1) is 11.2. The highest BCUT2D eigenvalue weighted by atomic mass is 31.1. The molecule has 0 aliphatic heterocycles. The third-order valence-electron chi connectivity index (χ3n) is 3.60. The molecule has 0 unspecified atom stereocenters. The summed E-state index contributed by atoms with van der Waals surface area (Å²) in [7, 11) is -0.765. The van der Waals surface area contributed by atoms with Gasteiger partial charge in [0, 0.05) is 11.7 Å². The summed E-state index contributed by atoms with van der Waals surface area (Å²) in [6.45, 7) is 0. The van der Waals surface area contributed by atoms with E-state index >= 15 is 0 Å². The van der Waals surface area contributed by atoms with Crippen molar-refractivity contribution in [3.63, 3.8) is 0 Å². The minimum Gasteiger partial charge on any atom is -0.294 e. The summed E-state index contributed by atoms with van der Waals surface area (Å²) >= 11 is 0. The Labute approximate surface area is 136 Å². The third kappa shape index (κ3) is 3.91. The van der Waals surface area contributed by atoms with Crippen LogP contribution in [0.4, 0.5) is 4.39 Å². The zero-order valence-corrected chi connectivity index (χ0v) is 13.4. The van der Waals surface area contributed by atoms with Gasteiger partial charge >= 0.3 is 0 Å². The number of carbonyl (C=O) groups excluding carboxylic acids is 1. The molecule has 1 nitrogen and oxygen atoms in total. The lowest BCUT2D eigenvalue weighted by Crippen LogP contribution is -2.18. The normalized spacial score (nSPS) is 10.7. The second-order valence-electron chi connectivity index (χ2n) is 5.19. The van der Waals surface area contributed by atoms with Crippen molar-refractivity contribution in [1.82, 2.24) is 0 Å². The van der Waals surface area contributed by atoms with Crippen molar-refractivity contribution in [3.05, 3.63) is 96.3 Å². The van der Waals surface area contributed by atoms with Crippen LogP contribution in [0.5, 0.6) is 0 Å². The van der Waals surface area contributed by atoms with Gasteiger partial charge in [0.2, 0.25) is 0 Å². The van der Waals surface area contributed by atoms with Crippen molar-refractivity contribution in [2.24, 2.45) is 0 Å². The molecule has 0 atom stereocenters. The average Bonchev–Trinajstić information content (AvgIpc) is 2.61. The van der Waals surface area contributed by atoms with Gasteiger partial charge in [0.15, 0.2) is 5.78 Å². The standard InChI is InChI=1S/C20H16FOP/c21-17-13-11-16(12-14-17)20(22)15-23(18-7-3-1-4-8-18)19-9-5-2-6-10-19/h1-14H,15H2. The highest BCUT2D eigenvalue weighted by molar-refractivity contribution is 7.73. The summed E-state index contributed by atoms with van der Waals surface area (Å²) < 4.78 is 13.0. The van der Waals surface area contributed by atoms with Crippen LogP contribution in [0.3, 0.4) is 0 Å². The summed E-state index contributed by atoms with van der Waals surface area (Å²) in [6, 6.07) is 26.0. The number of Topliss-reactive ketones (excluding diaryl/α,β-unsaturated/α-hetero) is 1. The Bertz CT molecular complexity index is 730. The van der Waals surface area contributed by atoms with E-state index in [1.54, 1.807) is 12.1 Å². The number of carbonyl (C=O) groups is 1. The molecule has 0 radical (unpaired) electrons. The van der Waals surface area contributed by atoms with Crippen LogP contribution in [0, 0.1) is 5.82 Å². The van der Waals surface area contributed by atoms with Crippen LogP contribution in [0.15, 0.2) is 84.9 Å². The molecule has 0 spiro atoms. The van der Waals surface area contributed by atoms with Crippen molar-refractivity contribution in [2.45, 2.75) is 0 Å². The molecular weight excluding hydrogens is 306 g/mol. The van der Waals surface area contributed by atoms with E-state index in [2.05, 4.69) is 24.3 Å². The van der Waals surface area contributed by atoms with E-state index in [4.69, 9.17) is 0 Å². The van der Waals surface area contributed by atoms with E-state index in [-0.39, 0.29) is 11.6 Å². The van der Waals surface area contributed by atoms with Crippen molar-refractivity contribution in [3.8, 4) is 0 Å². The fourth-order valence-corrected chi connectivity index (χ4v) is 4.62. The number of hydrogen-bond acceptors (Lipinski definition) is 1. The molecule has 0 aliphatic rings. The first-order valence-corrected chi connectivity index (χ1v) is 8.93. The van der Waals surface area contributed by atoms with Crippen LogP contribution in [-0.2, 0) is 0 Å². The Morgan fingerprint density at radius 1 is 0.739 bits per heavy atom. The number of halogens is 1. The van der Waals surface area contributed by atoms with Crippen molar-refractivity contribution >= 4 is 24.3 Å². The van der Waals surface area contributed by atoms with Crippen LogP contribution in [0.1, 0.15) is 10.4 Å². The first-order valence-electron chi connectivity index (χ1n) is 7.40. The minimum atomic E-state index is -0.765. The van der Waals surface area contributed by atoms with Crippen LogP contribution in [0.2, 0.25) is 0 Å². The number of hydrogen-bond donors (Lipinski definition) is 0. The fourth-order valence-electron chi connectivity index (χ4n) is 2.42. The SMILES string of the molecule is O=C(CP(c1ccccc1)c1ccccc1)c1ccc(F)cc1. The van der Waals surface area contributed by atoms with Gasteiger partial charge in [-0.3, -0.25) is 4.79 Å². The zero-order valence-electron chi connectivity index (χ0n) is 12.5. The highest BCUT2D eigenvalue weighted by Gasteiger charge is 2.18. The topological polar surface area (TPSA) is 17.1 Å². The maximum atomic E-state index is 13.0. The predicted octanol–water partition coefficient (Wildman–Crippen LogP) is 4.14. The molecule has 0 aliphatic carbocycles. The van der Waals surface area contributed by atoms with E-state index in [1.807, 2.05) is 36.4 Å². The predicted molar refractivity (Wildman–Crippen MR) is 94.7 cm³/mol. The number of ketones is 1. The quantitative estimate of drug-likeness (QED) is 0.510. The van der Waals surface area contributed by atoms with Crippen LogP contribution in [0.25, 0.3) is 0 Å². The second kappa shape index (κ2) is 7.30.